The average molecular weight is 367 g/mol. The molecule has 0 saturated carbocycles. The monoisotopic (exact) mass is 366 g/mol. The molecule has 25 heavy (non-hydrogen) atoms. The molecule has 1 aromatic carbocycles. The lowest BCUT2D eigenvalue weighted by atomic mass is 9.72. The number of hydrogen-bond acceptors (Lipinski definition) is 3. The molecule has 5 heteroatoms. The van der Waals surface area contributed by atoms with Crippen molar-refractivity contribution < 1.29 is 9.53 Å². The van der Waals surface area contributed by atoms with Crippen molar-refractivity contribution in [2.45, 2.75) is 51.0 Å². The summed E-state index contributed by atoms with van der Waals surface area (Å²) in [5.41, 5.74) is 8.01. The third kappa shape index (κ3) is 4.18. The van der Waals surface area contributed by atoms with E-state index >= 15 is 0 Å². The molecule has 2 aliphatic rings. The zero-order chi connectivity index (χ0) is 17.2. The molecular weight excluding hydrogens is 336 g/mol. The highest BCUT2D eigenvalue weighted by atomic mass is 35.5. The van der Waals surface area contributed by atoms with Crippen molar-refractivity contribution in [3.63, 3.8) is 0 Å². The van der Waals surface area contributed by atoms with Crippen molar-refractivity contribution in [3.8, 4) is 0 Å². The minimum Gasteiger partial charge on any atom is -0.381 e. The molecule has 1 atom stereocenters. The lowest BCUT2D eigenvalue weighted by Gasteiger charge is -2.43. The summed E-state index contributed by atoms with van der Waals surface area (Å²) < 4.78 is 5.57. The molecule has 2 N–H and O–H groups in total. The molecule has 0 spiro atoms. The van der Waals surface area contributed by atoms with Crippen LogP contribution in [0.5, 0.6) is 0 Å². The number of likely N-dealkylation sites (tertiary alicyclic amines) is 1. The van der Waals surface area contributed by atoms with Gasteiger partial charge in [0.1, 0.15) is 0 Å². The molecule has 0 aliphatic carbocycles. The number of carbonyl (C=O) groups is 1. The number of halogens is 1. The predicted octanol–water partition coefficient (Wildman–Crippen LogP) is 3.05. The number of rotatable bonds is 3. The number of amides is 1. The summed E-state index contributed by atoms with van der Waals surface area (Å²) in [5.74, 6) is 0.830. The van der Waals surface area contributed by atoms with Crippen molar-refractivity contribution in [3.05, 3.63) is 35.4 Å². The van der Waals surface area contributed by atoms with E-state index in [4.69, 9.17) is 10.5 Å². The van der Waals surface area contributed by atoms with Gasteiger partial charge in [-0.2, -0.15) is 0 Å². The summed E-state index contributed by atoms with van der Waals surface area (Å²) in [6.45, 7) is 7.15. The van der Waals surface area contributed by atoms with Crippen LogP contribution >= 0.6 is 12.4 Å². The Labute approximate surface area is 157 Å². The Hall–Kier alpha value is -1.10. The fourth-order valence-corrected chi connectivity index (χ4v) is 4.15. The van der Waals surface area contributed by atoms with Crippen LogP contribution in [0.1, 0.15) is 43.7 Å². The van der Waals surface area contributed by atoms with Crippen LogP contribution in [0.3, 0.4) is 0 Å². The predicted molar refractivity (Wildman–Crippen MR) is 103 cm³/mol. The Morgan fingerprint density at radius 1 is 1.20 bits per heavy atom. The summed E-state index contributed by atoms with van der Waals surface area (Å²) in [5, 5.41) is 0. The van der Waals surface area contributed by atoms with Gasteiger partial charge in [0.2, 0.25) is 5.91 Å². The number of piperidine rings is 1. The molecule has 2 aliphatic heterocycles. The number of aryl methyl sites for hydroxylation is 1. The maximum atomic E-state index is 13.5. The number of nitrogens with two attached hydrogens (primary N) is 1. The molecular formula is C20H31ClN2O2. The van der Waals surface area contributed by atoms with Crippen molar-refractivity contribution in [2.24, 2.45) is 11.7 Å². The van der Waals surface area contributed by atoms with E-state index < -0.39 is 5.41 Å². The number of nitrogens with zero attached hydrogens (tertiary/aromatic N) is 1. The molecule has 1 unspecified atom stereocenters. The lowest BCUT2D eigenvalue weighted by Crippen LogP contribution is -2.52. The first-order valence-electron chi connectivity index (χ1n) is 9.23. The first-order valence-corrected chi connectivity index (χ1v) is 9.23. The van der Waals surface area contributed by atoms with Crippen LogP contribution in [0.25, 0.3) is 0 Å². The first-order chi connectivity index (χ1) is 11.5. The quantitative estimate of drug-likeness (QED) is 0.894. The number of hydrogen-bond donors (Lipinski definition) is 1. The minimum atomic E-state index is -0.410. The molecule has 0 bridgehead atoms. The van der Waals surface area contributed by atoms with Crippen LogP contribution in [0.4, 0.5) is 0 Å². The van der Waals surface area contributed by atoms with Gasteiger partial charge in [0, 0.05) is 32.3 Å². The molecule has 1 amide bonds. The van der Waals surface area contributed by atoms with Gasteiger partial charge in [-0.15, -0.1) is 12.4 Å². The summed E-state index contributed by atoms with van der Waals surface area (Å²) in [6.07, 6.45) is 3.60. The number of carbonyl (C=O) groups excluding carboxylic acids is 1. The van der Waals surface area contributed by atoms with Gasteiger partial charge in [0.15, 0.2) is 0 Å². The Kier molecular flexibility index (Phi) is 6.89. The maximum absolute atomic E-state index is 13.5. The van der Waals surface area contributed by atoms with E-state index in [9.17, 15) is 4.79 Å². The minimum absolute atomic E-state index is 0. The van der Waals surface area contributed by atoms with Gasteiger partial charge in [-0.25, -0.2) is 0 Å². The Morgan fingerprint density at radius 3 is 2.28 bits per heavy atom. The number of ether oxygens (including phenoxy) is 1. The van der Waals surface area contributed by atoms with Gasteiger partial charge in [0.05, 0.1) is 5.41 Å². The van der Waals surface area contributed by atoms with E-state index in [1.165, 1.54) is 5.56 Å². The Bertz CT molecular complexity index is 560. The van der Waals surface area contributed by atoms with Crippen LogP contribution in [0, 0.1) is 12.8 Å². The maximum Gasteiger partial charge on any atom is 0.233 e. The van der Waals surface area contributed by atoms with E-state index in [1.54, 1.807) is 0 Å². The summed E-state index contributed by atoms with van der Waals surface area (Å²) in [4.78, 5) is 15.5. The van der Waals surface area contributed by atoms with E-state index in [-0.39, 0.29) is 24.4 Å². The topological polar surface area (TPSA) is 55.6 Å². The largest absolute Gasteiger partial charge is 0.381 e. The van der Waals surface area contributed by atoms with E-state index in [0.29, 0.717) is 19.1 Å². The highest BCUT2D eigenvalue weighted by Gasteiger charge is 2.44. The Morgan fingerprint density at radius 2 is 1.76 bits per heavy atom. The molecule has 2 fully saturated rings. The van der Waals surface area contributed by atoms with Gasteiger partial charge in [-0.05, 0) is 51.0 Å². The SMILES string of the molecule is Cc1ccc(C2(C(=O)N3CCC(C(C)N)CC3)CCOCC2)cc1.Cl. The molecule has 4 nitrogen and oxygen atoms in total. The molecule has 1 aromatic rings. The van der Waals surface area contributed by atoms with Crippen LogP contribution in [0.15, 0.2) is 24.3 Å². The highest BCUT2D eigenvalue weighted by molar-refractivity contribution is 5.88. The summed E-state index contributed by atoms with van der Waals surface area (Å²) in [6, 6.07) is 8.71. The molecule has 3 rings (SSSR count). The molecule has 0 radical (unpaired) electrons. The van der Waals surface area contributed by atoms with Crippen LogP contribution in [0.2, 0.25) is 0 Å². The number of benzene rings is 1. The second-order valence-corrected chi connectivity index (χ2v) is 7.55. The van der Waals surface area contributed by atoms with E-state index in [2.05, 4.69) is 43.0 Å². The van der Waals surface area contributed by atoms with Crippen molar-refractivity contribution >= 4 is 18.3 Å². The zero-order valence-corrected chi connectivity index (χ0v) is 16.2. The van der Waals surface area contributed by atoms with E-state index in [0.717, 1.165) is 44.3 Å². The molecule has 2 saturated heterocycles. The summed E-state index contributed by atoms with van der Waals surface area (Å²) >= 11 is 0. The van der Waals surface area contributed by atoms with Crippen LogP contribution in [-0.4, -0.2) is 43.2 Å². The van der Waals surface area contributed by atoms with Gasteiger partial charge in [-0.3, -0.25) is 4.79 Å². The lowest BCUT2D eigenvalue weighted by molar-refractivity contribution is -0.143. The molecule has 2 heterocycles. The van der Waals surface area contributed by atoms with Gasteiger partial charge in [-0.1, -0.05) is 29.8 Å². The molecule has 0 aromatic heterocycles. The third-order valence-corrected chi connectivity index (χ3v) is 5.93. The van der Waals surface area contributed by atoms with E-state index in [1.807, 2.05) is 0 Å². The average Bonchev–Trinajstić information content (AvgIpc) is 2.62. The van der Waals surface area contributed by atoms with Crippen LogP contribution < -0.4 is 5.73 Å². The second-order valence-electron chi connectivity index (χ2n) is 7.55. The van der Waals surface area contributed by atoms with Crippen LogP contribution in [-0.2, 0) is 14.9 Å². The van der Waals surface area contributed by atoms with Gasteiger partial charge in [0.25, 0.3) is 0 Å². The summed E-state index contributed by atoms with van der Waals surface area (Å²) in [7, 11) is 0. The Balaban J connectivity index is 0.00000225. The van der Waals surface area contributed by atoms with Crippen molar-refractivity contribution in [2.75, 3.05) is 26.3 Å². The second kappa shape index (κ2) is 8.52. The standard InChI is InChI=1S/C20H30N2O2.ClH/c1-15-3-5-18(6-4-15)20(9-13-24-14-10-20)19(23)22-11-7-17(8-12-22)16(2)21;/h3-6,16-17H,7-14,21H2,1-2H3;1H. The normalized spacial score (nSPS) is 22.1. The van der Waals surface area contributed by atoms with Gasteiger partial charge >= 0.3 is 0 Å². The third-order valence-electron chi connectivity index (χ3n) is 5.93. The smallest absolute Gasteiger partial charge is 0.233 e. The van der Waals surface area contributed by atoms with Crippen molar-refractivity contribution in [1.82, 2.24) is 4.90 Å². The molecule has 140 valence electrons. The highest BCUT2D eigenvalue weighted by Crippen LogP contribution is 2.38. The first kappa shape index (κ1) is 20.2. The van der Waals surface area contributed by atoms with Gasteiger partial charge < -0.3 is 15.4 Å². The zero-order valence-electron chi connectivity index (χ0n) is 15.4. The van der Waals surface area contributed by atoms with Crippen molar-refractivity contribution in [1.29, 1.82) is 0 Å². The fraction of sp³-hybridized carbons (Fsp3) is 0.650. The fourth-order valence-electron chi connectivity index (χ4n) is 4.15.